The van der Waals surface area contributed by atoms with E-state index < -0.39 is 16.9 Å². The molecular formula is C15H25NO4S. The molecule has 1 rings (SSSR count). The second-order valence-electron chi connectivity index (χ2n) is 4.92. The third-order valence-electron chi connectivity index (χ3n) is 3.17. The van der Waals surface area contributed by atoms with Gasteiger partial charge in [-0.3, -0.25) is 4.21 Å². The van der Waals surface area contributed by atoms with Gasteiger partial charge in [-0.15, -0.1) is 0 Å². The summed E-state index contributed by atoms with van der Waals surface area (Å²) in [5.41, 5.74) is 0. The van der Waals surface area contributed by atoms with Crippen molar-refractivity contribution in [3.05, 3.63) is 24.3 Å². The first kappa shape index (κ1) is 17.9. The molecule has 0 saturated carbocycles. The second-order valence-corrected chi connectivity index (χ2v) is 6.72. The number of aliphatic hydroxyl groups is 1. The molecular weight excluding hydrogens is 290 g/mol. The van der Waals surface area contributed by atoms with Gasteiger partial charge in [0.2, 0.25) is 0 Å². The van der Waals surface area contributed by atoms with E-state index in [4.69, 9.17) is 9.47 Å². The zero-order valence-electron chi connectivity index (χ0n) is 12.9. The SMILES string of the molecule is COc1ccccc1OCC(O)CNCCC(C)S(C)=O. The molecule has 0 aliphatic carbocycles. The molecule has 21 heavy (non-hydrogen) atoms. The van der Waals surface area contributed by atoms with Gasteiger partial charge in [-0.05, 0) is 25.1 Å². The Kier molecular flexibility index (Phi) is 8.34. The maximum atomic E-state index is 11.2. The minimum atomic E-state index is -0.798. The van der Waals surface area contributed by atoms with Gasteiger partial charge in [0, 0.05) is 28.9 Å². The summed E-state index contributed by atoms with van der Waals surface area (Å²) >= 11 is 0. The minimum Gasteiger partial charge on any atom is -0.493 e. The van der Waals surface area contributed by atoms with Gasteiger partial charge in [0.15, 0.2) is 11.5 Å². The number of rotatable bonds is 10. The van der Waals surface area contributed by atoms with Crippen LogP contribution in [0, 0.1) is 0 Å². The Labute approximate surface area is 129 Å². The van der Waals surface area contributed by atoms with Crippen LogP contribution >= 0.6 is 0 Å². The van der Waals surface area contributed by atoms with Gasteiger partial charge in [-0.25, -0.2) is 0 Å². The number of ether oxygens (including phenoxy) is 2. The molecule has 0 radical (unpaired) electrons. The lowest BCUT2D eigenvalue weighted by Gasteiger charge is -2.15. The third-order valence-corrected chi connectivity index (χ3v) is 4.54. The minimum absolute atomic E-state index is 0.166. The second kappa shape index (κ2) is 9.76. The van der Waals surface area contributed by atoms with Crippen LogP contribution in [0.1, 0.15) is 13.3 Å². The number of para-hydroxylation sites is 2. The third kappa shape index (κ3) is 6.93. The molecule has 0 spiro atoms. The maximum absolute atomic E-state index is 11.2. The largest absolute Gasteiger partial charge is 0.493 e. The first-order chi connectivity index (χ1) is 10.0. The quantitative estimate of drug-likeness (QED) is 0.635. The van der Waals surface area contributed by atoms with Gasteiger partial charge in [0.25, 0.3) is 0 Å². The molecule has 120 valence electrons. The first-order valence-corrected chi connectivity index (χ1v) is 8.63. The van der Waals surface area contributed by atoms with Crippen molar-refractivity contribution < 1.29 is 18.8 Å². The van der Waals surface area contributed by atoms with E-state index in [0.29, 0.717) is 18.0 Å². The summed E-state index contributed by atoms with van der Waals surface area (Å²) in [4.78, 5) is 0. The number of hydrogen-bond acceptors (Lipinski definition) is 5. The van der Waals surface area contributed by atoms with Gasteiger partial charge in [-0.2, -0.15) is 0 Å². The molecule has 1 aromatic rings. The van der Waals surface area contributed by atoms with Crippen molar-refractivity contribution in [3.63, 3.8) is 0 Å². The number of benzene rings is 1. The van der Waals surface area contributed by atoms with Crippen molar-refractivity contribution >= 4 is 10.8 Å². The summed E-state index contributed by atoms with van der Waals surface area (Å²) in [6, 6.07) is 7.33. The summed E-state index contributed by atoms with van der Waals surface area (Å²) in [5.74, 6) is 1.27. The fourth-order valence-electron chi connectivity index (χ4n) is 1.72. The smallest absolute Gasteiger partial charge is 0.161 e. The average Bonchev–Trinajstić information content (AvgIpc) is 2.49. The molecule has 3 atom stereocenters. The number of hydrogen-bond donors (Lipinski definition) is 2. The molecule has 0 saturated heterocycles. The van der Waals surface area contributed by atoms with Crippen LogP contribution in [-0.4, -0.2) is 53.7 Å². The van der Waals surface area contributed by atoms with Crippen molar-refractivity contribution in [2.75, 3.05) is 33.1 Å². The molecule has 6 heteroatoms. The van der Waals surface area contributed by atoms with Gasteiger partial charge in [0.1, 0.15) is 12.7 Å². The Morgan fingerprint density at radius 1 is 1.33 bits per heavy atom. The predicted octanol–water partition coefficient (Wildman–Crippen LogP) is 1.18. The molecule has 2 N–H and O–H groups in total. The van der Waals surface area contributed by atoms with Gasteiger partial charge >= 0.3 is 0 Å². The number of nitrogens with one attached hydrogen (secondary N) is 1. The van der Waals surface area contributed by atoms with E-state index >= 15 is 0 Å². The monoisotopic (exact) mass is 315 g/mol. The molecule has 0 amide bonds. The van der Waals surface area contributed by atoms with Crippen molar-refractivity contribution in [1.29, 1.82) is 0 Å². The summed E-state index contributed by atoms with van der Waals surface area (Å²) in [6.45, 7) is 3.33. The maximum Gasteiger partial charge on any atom is 0.161 e. The number of methoxy groups -OCH3 is 1. The van der Waals surface area contributed by atoms with E-state index in [1.165, 1.54) is 0 Å². The Hall–Kier alpha value is -1.11. The van der Waals surface area contributed by atoms with Crippen LogP contribution in [0.4, 0.5) is 0 Å². The zero-order chi connectivity index (χ0) is 15.7. The van der Waals surface area contributed by atoms with Crippen LogP contribution in [0.15, 0.2) is 24.3 Å². The Balaban J connectivity index is 2.22. The van der Waals surface area contributed by atoms with Crippen molar-refractivity contribution in [3.8, 4) is 11.5 Å². The summed E-state index contributed by atoms with van der Waals surface area (Å²) in [7, 11) is 0.785. The van der Waals surface area contributed by atoms with Crippen LogP contribution in [0.2, 0.25) is 0 Å². The highest BCUT2D eigenvalue weighted by atomic mass is 32.2. The first-order valence-electron chi connectivity index (χ1n) is 7.01. The molecule has 0 aromatic heterocycles. The van der Waals surface area contributed by atoms with Gasteiger partial charge in [0.05, 0.1) is 7.11 Å². The van der Waals surface area contributed by atoms with Crippen LogP contribution in [0.5, 0.6) is 11.5 Å². The predicted molar refractivity (Wildman–Crippen MR) is 85.5 cm³/mol. The molecule has 0 heterocycles. The van der Waals surface area contributed by atoms with Crippen LogP contribution in [0.3, 0.4) is 0 Å². The van der Waals surface area contributed by atoms with E-state index in [1.807, 2.05) is 25.1 Å². The van der Waals surface area contributed by atoms with Gasteiger partial charge in [-0.1, -0.05) is 19.1 Å². The molecule has 3 unspecified atom stereocenters. The number of aliphatic hydroxyl groups excluding tert-OH is 1. The van der Waals surface area contributed by atoms with E-state index in [9.17, 15) is 9.32 Å². The summed E-state index contributed by atoms with van der Waals surface area (Å²) < 4.78 is 21.9. The van der Waals surface area contributed by atoms with Crippen LogP contribution in [-0.2, 0) is 10.8 Å². The lowest BCUT2D eigenvalue weighted by Crippen LogP contribution is -2.33. The van der Waals surface area contributed by atoms with E-state index in [0.717, 1.165) is 13.0 Å². The molecule has 0 aliphatic heterocycles. The van der Waals surface area contributed by atoms with E-state index in [2.05, 4.69) is 5.32 Å². The summed E-state index contributed by atoms with van der Waals surface area (Å²) in [5, 5.41) is 13.2. The van der Waals surface area contributed by atoms with Crippen molar-refractivity contribution in [2.45, 2.75) is 24.7 Å². The van der Waals surface area contributed by atoms with E-state index in [1.54, 1.807) is 19.4 Å². The highest BCUT2D eigenvalue weighted by molar-refractivity contribution is 7.84. The highest BCUT2D eigenvalue weighted by Crippen LogP contribution is 2.25. The zero-order valence-corrected chi connectivity index (χ0v) is 13.7. The topological polar surface area (TPSA) is 67.8 Å². The van der Waals surface area contributed by atoms with Gasteiger partial charge < -0.3 is 19.9 Å². The lowest BCUT2D eigenvalue weighted by molar-refractivity contribution is 0.105. The Bertz CT molecular complexity index is 441. The highest BCUT2D eigenvalue weighted by Gasteiger charge is 2.09. The molecule has 0 aliphatic rings. The Morgan fingerprint density at radius 3 is 2.62 bits per heavy atom. The standard InChI is InChI=1S/C15H25NO4S/c1-12(21(3)18)8-9-16-10-13(17)11-20-15-7-5-4-6-14(15)19-2/h4-7,12-13,16-17H,8-11H2,1-3H3. The van der Waals surface area contributed by atoms with Crippen LogP contribution < -0.4 is 14.8 Å². The molecule has 5 nitrogen and oxygen atoms in total. The molecule has 1 aromatic carbocycles. The molecule has 0 fully saturated rings. The Morgan fingerprint density at radius 2 is 2.00 bits per heavy atom. The van der Waals surface area contributed by atoms with Crippen LogP contribution in [0.25, 0.3) is 0 Å². The van der Waals surface area contributed by atoms with Crippen molar-refractivity contribution in [2.24, 2.45) is 0 Å². The van der Waals surface area contributed by atoms with Crippen molar-refractivity contribution in [1.82, 2.24) is 5.32 Å². The lowest BCUT2D eigenvalue weighted by atomic mass is 10.3. The molecule has 0 bridgehead atoms. The normalized spacial score (nSPS) is 15.2. The van der Waals surface area contributed by atoms with E-state index in [-0.39, 0.29) is 11.9 Å². The fourth-order valence-corrected chi connectivity index (χ4v) is 2.17. The summed E-state index contributed by atoms with van der Waals surface area (Å²) in [6.07, 6.45) is 1.93. The fraction of sp³-hybridized carbons (Fsp3) is 0.600. The average molecular weight is 315 g/mol.